The highest BCUT2D eigenvalue weighted by molar-refractivity contribution is 5.68. The average Bonchev–Trinajstić information content (AvgIpc) is 2.83. The number of piperidine rings is 2. The minimum absolute atomic E-state index is 0.265. The van der Waals surface area contributed by atoms with Gasteiger partial charge in [0.15, 0.2) is 0 Å². The smallest absolute Gasteiger partial charge is 0.410 e. The zero-order chi connectivity index (χ0) is 25.5. The fourth-order valence-corrected chi connectivity index (χ4v) is 5.00. The van der Waals surface area contributed by atoms with E-state index in [1.165, 1.54) is 0 Å². The van der Waals surface area contributed by atoms with E-state index in [0.29, 0.717) is 51.4 Å². The van der Waals surface area contributed by atoms with Crippen LogP contribution >= 0.6 is 0 Å². The van der Waals surface area contributed by atoms with Crippen molar-refractivity contribution in [1.82, 2.24) is 9.80 Å². The van der Waals surface area contributed by atoms with Gasteiger partial charge in [-0.25, -0.2) is 18.4 Å². The molecular weight excluding hydrogens is 454 g/mol. The largest absolute Gasteiger partial charge is 0.445 e. The minimum atomic E-state index is -2.40. The Morgan fingerprint density at radius 2 is 1.60 bits per heavy atom. The molecule has 0 saturated carbocycles. The summed E-state index contributed by atoms with van der Waals surface area (Å²) >= 11 is 0. The number of amides is 2. The van der Waals surface area contributed by atoms with Gasteiger partial charge in [0, 0.05) is 31.6 Å². The van der Waals surface area contributed by atoms with Crippen molar-refractivity contribution in [2.75, 3.05) is 26.2 Å². The minimum Gasteiger partial charge on any atom is -0.445 e. The first kappa shape index (κ1) is 27.2. The number of hydrogen-bond donors (Lipinski definition) is 0. The number of benzene rings is 1. The van der Waals surface area contributed by atoms with Gasteiger partial charge in [0.05, 0.1) is 0 Å². The van der Waals surface area contributed by atoms with Crippen LogP contribution in [0.3, 0.4) is 0 Å². The van der Waals surface area contributed by atoms with Crippen LogP contribution < -0.4 is 0 Å². The lowest BCUT2D eigenvalue weighted by Crippen LogP contribution is -2.47. The highest BCUT2D eigenvalue weighted by Gasteiger charge is 2.43. The van der Waals surface area contributed by atoms with Crippen LogP contribution in [0.2, 0.25) is 0 Å². The first-order valence-electron chi connectivity index (χ1n) is 12.8. The molecule has 2 heterocycles. The van der Waals surface area contributed by atoms with Gasteiger partial charge in [-0.05, 0) is 64.4 Å². The number of hydrogen-bond acceptors (Lipinski definition) is 4. The SMILES string of the molecule is CC(C)(C)OC(=O)N1CCC(CCCC2CCN(C(=O)OCc3ccccc3)CC2)(C(F)F)CC1. The van der Waals surface area contributed by atoms with Crippen LogP contribution in [0, 0.1) is 11.3 Å². The summed E-state index contributed by atoms with van der Waals surface area (Å²) in [6.45, 7) is 7.57. The van der Waals surface area contributed by atoms with Crippen molar-refractivity contribution >= 4 is 12.2 Å². The third kappa shape index (κ3) is 8.07. The van der Waals surface area contributed by atoms with E-state index in [9.17, 15) is 18.4 Å². The summed E-state index contributed by atoms with van der Waals surface area (Å²) in [5, 5.41) is 0. The lowest BCUT2D eigenvalue weighted by atomic mass is 9.74. The van der Waals surface area contributed by atoms with E-state index in [0.717, 1.165) is 31.2 Å². The Bertz CT molecular complexity index is 812. The fourth-order valence-electron chi connectivity index (χ4n) is 5.00. The van der Waals surface area contributed by atoms with E-state index in [2.05, 4.69) is 0 Å². The van der Waals surface area contributed by atoms with Crippen molar-refractivity contribution in [3.05, 3.63) is 35.9 Å². The van der Waals surface area contributed by atoms with E-state index in [1.54, 1.807) is 30.6 Å². The highest BCUT2D eigenvalue weighted by Crippen LogP contribution is 2.43. The standard InChI is InChI=1S/C27H40F2N2O4/c1-26(2,3)35-25(33)31-18-14-27(15-19-31,23(28)29)13-7-10-21-11-16-30(17-12-21)24(32)34-20-22-8-5-4-6-9-22/h4-6,8-9,21,23H,7,10-20H2,1-3H3. The zero-order valence-corrected chi connectivity index (χ0v) is 21.3. The van der Waals surface area contributed by atoms with Gasteiger partial charge in [-0.1, -0.05) is 43.2 Å². The summed E-state index contributed by atoms with van der Waals surface area (Å²) in [6, 6.07) is 9.60. The molecule has 2 fully saturated rings. The quantitative estimate of drug-likeness (QED) is 0.435. The van der Waals surface area contributed by atoms with E-state index in [1.807, 2.05) is 30.3 Å². The number of ether oxygens (including phenoxy) is 2. The summed E-state index contributed by atoms with van der Waals surface area (Å²) in [5.74, 6) is 0.435. The Balaban J connectivity index is 1.37. The van der Waals surface area contributed by atoms with Crippen molar-refractivity contribution in [2.45, 2.75) is 84.4 Å². The Hall–Kier alpha value is -2.38. The topological polar surface area (TPSA) is 59.1 Å². The maximum absolute atomic E-state index is 14.1. The van der Waals surface area contributed by atoms with Crippen molar-refractivity contribution in [3.8, 4) is 0 Å². The van der Waals surface area contributed by atoms with E-state index in [-0.39, 0.29) is 12.7 Å². The van der Waals surface area contributed by atoms with E-state index >= 15 is 0 Å². The highest BCUT2D eigenvalue weighted by atomic mass is 19.3. The monoisotopic (exact) mass is 494 g/mol. The van der Waals surface area contributed by atoms with Crippen molar-refractivity contribution in [3.63, 3.8) is 0 Å². The summed E-state index contributed by atoms with van der Waals surface area (Å²) in [6.07, 6.45) is 1.32. The average molecular weight is 495 g/mol. The van der Waals surface area contributed by atoms with Crippen LogP contribution in [-0.4, -0.2) is 60.2 Å². The van der Waals surface area contributed by atoms with Gasteiger partial charge in [-0.15, -0.1) is 0 Å². The fraction of sp³-hybridized carbons (Fsp3) is 0.704. The Kier molecular flexibility index (Phi) is 9.36. The molecule has 0 unspecified atom stereocenters. The second kappa shape index (κ2) is 12.0. The van der Waals surface area contributed by atoms with Gasteiger partial charge in [0.25, 0.3) is 0 Å². The molecule has 2 amide bonds. The number of alkyl halides is 2. The van der Waals surface area contributed by atoms with E-state index in [4.69, 9.17) is 9.47 Å². The molecule has 196 valence electrons. The molecule has 1 aromatic carbocycles. The van der Waals surface area contributed by atoms with Crippen LogP contribution in [0.4, 0.5) is 18.4 Å². The van der Waals surface area contributed by atoms with Crippen molar-refractivity contribution in [2.24, 2.45) is 11.3 Å². The molecule has 2 saturated heterocycles. The van der Waals surface area contributed by atoms with Crippen LogP contribution in [0.1, 0.15) is 71.3 Å². The summed E-state index contributed by atoms with van der Waals surface area (Å²) < 4.78 is 39.0. The summed E-state index contributed by atoms with van der Waals surface area (Å²) in [7, 11) is 0. The number of carbonyl (C=O) groups is 2. The number of carbonyl (C=O) groups excluding carboxylic acids is 2. The molecule has 0 atom stereocenters. The molecule has 1 aromatic rings. The first-order valence-corrected chi connectivity index (χ1v) is 12.8. The van der Waals surface area contributed by atoms with Crippen LogP contribution in [-0.2, 0) is 16.1 Å². The third-order valence-electron chi connectivity index (χ3n) is 7.24. The maximum Gasteiger partial charge on any atom is 0.410 e. The van der Waals surface area contributed by atoms with Gasteiger partial charge in [0.1, 0.15) is 12.2 Å². The molecule has 0 spiro atoms. The molecule has 0 radical (unpaired) electrons. The third-order valence-corrected chi connectivity index (χ3v) is 7.24. The molecule has 8 heteroatoms. The normalized spacial score (nSPS) is 19.0. The molecule has 0 aliphatic carbocycles. The number of nitrogens with zero attached hydrogens (tertiary/aromatic N) is 2. The summed E-state index contributed by atoms with van der Waals surface area (Å²) in [4.78, 5) is 27.9. The molecule has 35 heavy (non-hydrogen) atoms. The Morgan fingerprint density at radius 3 is 2.17 bits per heavy atom. The predicted octanol–water partition coefficient (Wildman–Crippen LogP) is 6.49. The van der Waals surface area contributed by atoms with Crippen LogP contribution in [0.25, 0.3) is 0 Å². The molecule has 2 aliphatic rings. The van der Waals surface area contributed by atoms with Crippen molar-refractivity contribution in [1.29, 1.82) is 0 Å². The molecule has 0 N–H and O–H groups in total. The van der Waals surface area contributed by atoms with Gasteiger partial charge >= 0.3 is 12.2 Å². The zero-order valence-electron chi connectivity index (χ0n) is 21.3. The lowest BCUT2D eigenvalue weighted by molar-refractivity contribution is -0.0588. The molecule has 2 aliphatic heterocycles. The number of halogens is 2. The Labute approximate surface area is 207 Å². The molecular formula is C27H40F2N2O4. The Morgan fingerprint density at radius 1 is 1.00 bits per heavy atom. The lowest BCUT2D eigenvalue weighted by Gasteiger charge is -2.42. The molecule has 3 rings (SSSR count). The van der Waals surface area contributed by atoms with Crippen LogP contribution in [0.15, 0.2) is 30.3 Å². The van der Waals surface area contributed by atoms with Gasteiger partial charge in [0.2, 0.25) is 6.43 Å². The molecule has 6 nitrogen and oxygen atoms in total. The maximum atomic E-state index is 14.1. The van der Waals surface area contributed by atoms with Gasteiger partial charge in [-0.3, -0.25) is 0 Å². The van der Waals surface area contributed by atoms with E-state index < -0.39 is 23.5 Å². The molecule has 0 aromatic heterocycles. The van der Waals surface area contributed by atoms with Crippen LogP contribution in [0.5, 0.6) is 0 Å². The predicted molar refractivity (Wildman–Crippen MR) is 130 cm³/mol. The first-order chi connectivity index (χ1) is 16.6. The second-order valence-electron chi connectivity index (χ2n) is 11.0. The number of rotatable bonds is 7. The van der Waals surface area contributed by atoms with Crippen molar-refractivity contribution < 1.29 is 27.8 Å². The second-order valence-corrected chi connectivity index (χ2v) is 11.0. The van der Waals surface area contributed by atoms with Gasteiger partial charge < -0.3 is 19.3 Å². The summed E-state index contributed by atoms with van der Waals surface area (Å²) in [5.41, 5.74) is -0.663. The number of likely N-dealkylation sites (tertiary alicyclic amines) is 2. The van der Waals surface area contributed by atoms with Gasteiger partial charge in [-0.2, -0.15) is 0 Å². The molecule has 0 bridgehead atoms.